The van der Waals surface area contributed by atoms with E-state index in [1.54, 1.807) is 7.11 Å². The Morgan fingerprint density at radius 2 is 2.39 bits per heavy atom. The highest BCUT2D eigenvalue weighted by atomic mass is 79.9. The highest BCUT2D eigenvalue weighted by Gasteiger charge is 2.21. The Labute approximate surface area is 117 Å². The fourth-order valence-electron chi connectivity index (χ4n) is 2.45. The molecule has 0 aromatic heterocycles. The van der Waals surface area contributed by atoms with E-state index in [-0.39, 0.29) is 6.10 Å². The van der Waals surface area contributed by atoms with Gasteiger partial charge in [0.2, 0.25) is 0 Å². The zero-order chi connectivity index (χ0) is 13.0. The van der Waals surface area contributed by atoms with Crippen molar-refractivity contribution < 1.29 is 9.84 Å². The fraction of sp³-hybridized carbons (Fsp3) is 0.571. The van der Waals surface area contributed by atoms with E-state index in [1.165, 1.54) is 0 Å². The lowest BCUT2D eigenvalue weighted by Crippen LogP contribution is -2.37. The van der Waals surface area contributed by atoms with Crippen LogP contribution in [0.2, 0.25) is 0 Å². The molecular formula is C14H20BrNO2. The van der Waals surface area contributed by atoms with Crippen molar-refractivity contribution in [2.24, 2.45) is 5.92 Å². The van der Waals surface area contributed by atoms with Crippen molar-refractivity contribution in [3.63, 3.8) is 0 Å². The number of hydrogen-bond acceptors (Lipinski definition) is 3. The summed E-state index contributed by atoms with van der Waals surface area (Å²) in [4.78, 5) is 0. The van der Waals surface area contributed by atoms with E-state index >= 15 is 0 Å². The van der Waals surface area contributed by atoms with Gasteiger partial charge in [-0.1, -0.05) is 6.07 Å². The van der Waals surface area contributed by atoms with Gasteiger partial charge in [0, 0.05) is 6.54 Å². The molecule has 100 valence electrons. The number of ether oxygens (including phenoxy) is 1. The van der Waals surface area contributed by atoms with Crippen LogP contribution in [-0.2, 0) is 6.42 Å². The molecule has 0 radical (unpaired) electrons. The van der Waals surface area contributed by atoms with Crippen LogP contribution in [0, 0.1) is 5.92 Å². The van der Waals surface area contributed by atoms with Crippen LogP contribution < -0.4 is 10.1 Å². The second kappa shape index (κ2) is 6.55. The summed E-state index contributed by atoms with van der Waals surface area (Å²) in [6.07, 6.45) is 2.71. The molecule has 1 aliphatic rings. The third kappa shape index (κ3) is 3.46. The molecular weight excluding hydrogens is 294 g/mol. The minimum absolute atomic E-state index is 0.266. The summed E-state index contributed by atoms with van der Waals surface area (Å²) < 4.78 is 6.14. The van der Waals surface area contributed by atoms with Crippen molar-refractivity contribution in [2.75, 3.05) is 20.2 Å². The third-order valence-corrected chi connectivity index (χ3v) is 4.16. The molecule has 1 saturated heterocycles. The summed E-state index contributed by atoms with van der Waals surface area (Å²) >= 11 is 3.47. The van der Waals surface area contributed by atoms with E-state index in [4.69, 9.17) is 4.74 Å². The minimum Gasteiger partial charge on any atom is -0.496 e. The van der Waals surface area contributed by atoms with Gasteiger partial charge in [-0.15, -0.1) is 0 Å². The van der Waals surface area contributed by atoms with Gasteiger partial charge in [-0.2, -0.15) is 0 Å². The molecule has 1 fully saturated rings. The summed E-state index contributed by atoms with van der Waals surface area (Å²) in [7, 11) is 1.66. The van der Waals surface area contributed by atoms with Crippen molar-refractivity contribution in [3.8, 4) is 5.75 Å². The van der Waals surface area contributed by atoms with Gasteiger partial charge in [0.1, 0.15) is 5.75 Å². The number of rotatable bonds is 4. The van der Waals surface area contributed by atoms with Gasteiger partial charge >= 0.3 is 0 Å². The van der Waals surface area contributed by atoms with Crippen molar-refractivity contribution >= 4 is 15.9 Å². The summed E-state index contributed by atoms with van der Waals surface area (Å²) in [6.45, 7) is 2.01. The zero-order valence-electron chi connectivity index (χ0n) is 10.7. The molecule has 0 saturated carbocycles. The van der Waals surface area contributed by atoms with Gasteiger partial charge in [0.05, 0.1) is 17.7 Å². The smallest absolute Gasteiger partial charge is 0.133 e. The molecule has 1 aromatic rings. The molecule has 0 spiro atoms. The fourth-order valence-corrected chi connectivity index (χ4v) is 3.04. The van der Waals surface area contributed by atoms with Crippen molar-refractivity contribution in [1.29, 1.82) is 0 Å². The van der Waals surface area contributed by atoms with Crippen LogP contribution >= 0.6 is 15.9 Å². The maximum atomic E-state index is 10.3. The first kappa shape index (κ1) is 13.8. The van der Waals surface area contributed by atoms with E-state index in [2.05, 4.69) is 21.2 Å². The van der Waals surface area contributed by atoms with Crippen molar-refractivity contribution in [2.45, 2.75) is 25.4 Å². The van der Waals surface area contributed by atoms with Crippen LogP contribution in [0.5, 0.6) is 5.75 Å². The number of aliphatic hydroxyl groups is 1. The first-order valence-corrected chi connectivity index (χ1v) is 7.21. The maximum Gasteiger partial charge on any atom is 0.133 e. The van der Waals surface area contributed by atoms with Gasteiger partial charge in [0.15, 0.2) is 0 Å². The van der Waals surface area contributed by atoms with Crippen LogP contribution in [0.1, 0.15) is 18.4 Å². The summed E-state index contributed by atoms with van der Waals surface area (Å²) in [5.74, 6) is 1.20. The highest BCUT2D eigenvalue weighted by molar-refractivity contribution is 9.10. The summed E-state index contributed by atoms with van der Waals surface area (Å²) in [5, 5.41) is 13.6. The zero-order valence-corrected chi connectivity index (χ0v) is 12.2. The lowest BCUT2D eigenvalue weighted by Gasteiger charge is -2.27. The van der Waals surface area contributed by atoms with E-state index in [0.29, 0.717) is 12.3 Å². The van der Waals surface area contributed by atoms with E-state index < -0.39 is 0 Å². The topological polar surface area (TPSA) is 41.5 Å². The lowest BCUT2D eigenvalue weighted by molar-refractivity contribution is 0.0922. The van der Waals surface area contributed by atoms with Crippen LogP contribution in [-0.4, -0.2) is 31.4 Å². The van der Waals surface area contributed by atoms with Gasteiger partial charge < -0.3 is 15.2 Å². The number of halogens is 1. The molecule has 0 amide bonds. The van der Waals surface area contributed by atoms with Crippen LogP contribution in [0.4, 0.5) is 0 Å². The first-order chi connectivity index (χ1) is 8.70. The molecule has 2 N–H and O–H groups in total. The number of methoxy groups -OCH3 is 1. The van der Waals surface area contributed by atoms with E-state index in [0.717, 1.165) is 41.7 Å². The van der Waals surface area contributed by atoms with Crippen LogP contribution in [0.25, 0.3) is 0 Å². The number of hydrogen-bond donors (Lipinski definition) is 2. The standard InChI is InChI=1S/C14H20BrNO2/c1-18-14-5-4-10(7-12(14)15)8-13(17)11-3-2-6-16-9-11/h4-5,7,11,13,16-17H,2-3,6,8-9H2,1H3. The average Bonchev–Trinajstić information content (AvgIpc) is 2.40. The Bertz CT molecular complexity index is 391. The molecule has 1 aliphatic heterocycles. The first-order valence-electron chi connectivity index (χ1n) is 6.42. The highest BCUT2D eigenvalue weighted by Crippen LogP contribution is 2.27. The Morgan fingerprint density at radius 3 is 3.00 bits per heavy atom. The third-order valence-electron chi connectivity index (χ3n) is 3.54. The molecule has 3 nitrogen and oxygen atoms in total. The molecule has 2 atom stereocenters. The molecule has 2 unspecified atom stereocenters. The van der Waals surface area contributed by atoms with E-state index in [9.17, 15) is 5.11 Å². The molecule has 2 rings (SSSR count). The summed E-state index contributed by atoms with van der Waals surface area (Å²) in [5.41, 5.74) is 1.14. The number of aliphatic hydroxyl groups excluding tert-OH is 1. The van der Waals surface area contributed by atoms with Gasteiger partial charge in [0.25, 0.3) is 0 Å². The molecule has 4 heteroatoms. The Morgan fingerprint density at radius 1 is 1.56 bits per heavy atom. The molecule has 18 heavy (non-hydrogen) atoms. The molecule has 1 aromatic carbocycles. The Balaban J connectivity index is 1.97. The minimum atomic E-state index is -0.266. The van der Waals surface area contributed by atoms with Gasteiger partial charge in [-0.25, -0.2) is 0 Å². The van der Waals surface area contributed by atoms with Gasteiger partial charge in [-0.05, 0) is 65.4 Å². The largest absolute Gasteiger partial charge is 0.496 e. The quantitative estimate of drug-likeness (QED) is 0.896. The predicted molar refractivity (Wildman–Crippen MR) is 76.0 cm³/mol. The summed E-state index contributed by atoms with van der Waals surface area (Å²) in [6, 6.07) is 5.98. The number of piperidine rings is 1. The van der Waals surface area contributed by atoms with Crippen molar-refractivity contribution in [3.05, 3.63) is 28.2 Å². The molecule has 0 aliphatic carbocycles. The van der Waals surface area contributed by atoms with Crippen LogP contribution in [0.3, 0.4) is 0 Å². The van der Waals surface area contributed by atoms with Gasteiger partial charge in [-0.3, -0.25) is 0 Å². The maximum absolute atomic E-state index is 10.3. The second-order valence-corrected chi connectivity index (χ2v) is 5.70. The number of benzene rings is 1. The Kier molecular flexibility index (Phi) is 5.03. The average molecular weight is 314 g/mol. The van der Waals surface area contributed by atoms with E-state index in [1.807, 2.05) is 18.2 Å². The molecule has 1 heterocycles. The number of nitrogens with one attached hydrogen (secondary N) is 1. The SMILES string of the molecule is COc1ccc(CC(O)C2CCCNC2)cc1Br. The lowest BCUT2D eigenvalue weighted by atomic mass is 9.90. The second-order valence-electron chi connectivity index (χ2n) is 4.85. The van der Waals surface area contributed by atoms with Crippen molar-refractivity contribution in [1.82, 2.24) is 5.32 Å². The Hall–Kier alpha value is -0.580. The normalized spacial score (nSPS) is 21.6. The predicted octanol–water partition coefficient (Wildman–Crippen LogP) is 2.36. The van der Waals surface area contributed by atoms with Crippen LogP contribution in [0.15, 0.2) is 22.7 Å². The monoisotopic (exact) mass is 313 g/mol. The molecule has 0 bridgehead atoms.